The van der Waals surface area contributed by atoms with E-state index in [0.29, 0.717) is 0 Å². The quantitative estimate of drug-likeness (QED) is 0.359. The second-order valence-electron chi connectivity index (χ2n) is 7.77. The highest BCUT2D eigenvalue weighted by Crippen LogP contribution is 2.32. The van der Waals surface area contributed by atoms with Gasteiger partial charge >= 0.3 is 0 Å². The SMILES string of the molecule is CC(C)(C)c1ccc(-c2cc(-c3ccccc3)c3ccccc3n2)cc1.Cl. The van der Waals surface area contributed by atoms with Crippen LogP contribution in [0.15, 0.2) is 84.9 Å². The van der Waals surface area contributed by atoms with Gasteiger partial charge in [-0.3, -0.25) is 0 Å². The van der Waals surface area contributed by atoms with Gasteiger partial charge in [-0.15, -0.1) is 12.4 Å². The van der Waals surface area contributed by atoms with Crippen molar-refractivity contribution in [3.8, 4) is 22.4 Å². The lowest BCUT2D eigenvalue weighted by atomic mass is 9.86. The normalized spacial score (nSPS) is 11.2. The van der Waals surface area contributed by atoms with Crippen molar-refractivity contribution in [1.82, 2.24) is 4.98 Å². The van der Waals surface area contributed by atoms with E-state index < -0.39 is 0 Å². The Morgan fingerprint density at radius 2 is 1.30 bits per heavy atom. The van der Waals surface area contributed by atoms with E-state index in [9.17, 15) is 0 Å². The molecule has 0 atom stereocenters. The Morgan fingerprint density at radius 3 is 1.96 bits per heavy atom. The maximum absolute atomic E-state index is 4.92. The number of halogens is 1. The number of para-hydroxylation sites is 1. The molecule has 0 saturated heterocycles. The molecule has 0 spiro atoms. The first-order valence-corrected chi connectivity index (χ1v) is 9.08. The van der Waals surface area contributed by atoms with Gasteiger partial charge in [0.05, 0.1) is 11.2 Å². The van der Waals surface area contributed by atoms with E-state index in [0.717, 1.165) is 16.8 Å². The summed E-state index contributed by atoms with van der Waals surface area (Å²) < 4.78 is 0. The molecule has 1 heterocycles. The van der Waals surface area contributed by atoms with Crippen LogP contribution in [-0.2, 0) is 5.41 Å². The molecule has 2 heteroatoms. The molecule has 0 N–H and O–H groups in total. The third-order valence-electron chi connectivity index (χ3n) is 4.85. The van der Waals surface area contributed by atoms with E-state index >= 15 is 0 Å². The lowest BCUT2D eigenvalue weighted by molar-refractivity contribution is 0.590. The van der Waals surface area contributed by atoms with Gasteiger partial charge < -0.3 is 0 Å². The number of hydrogen-bond donors (Lipinski definition) is 0. The Labute approximate surface area is 167 Å². The topological polar surface area (TPSA) is 12.9 Å². The van der Waals surface area contributed by atoms with E-state index in [2.05, 4.69) is 106 Å². The van der Waals surface area contributed by atoms with E-state index in [4.69, 9.17) is 4.98 Å². The number of hydrogen-bond acceptors (Lipinski definition) is 1. The van der Waals surface area contributed by atoms with Crippen LogP contribution < -0.4 is 0 Å². The summed E-state index contributed by atoms with van der Waals surface area (Å²) in [4.78, 5) is 4.92. The van der Waals surface area contributed by atoms with Crippen LogP contribution in [0.5, 0.6) is 0 Å². The number of benzene rings is 3. The van der Waals surface area contributed by atoms with E-state index in [1.165, 1.54) is 22.1 Å². The average molecular weight is 374 g/mol. The second-order valence-corrected chi connectivity index (χ2v) is 7.77. The molecule has 0 radical (unpaired) electrons. The number of aromatic nitrogens is 1. The number of pyridine rings is 1. The molecule has 4 aromatic rings. The lowest BCUT2D eigenvalue weighted by Crippen LogP contribution is -2.10. The molecule has 0 aliphatic carbocycles. The van der Waals surface area contributed by atoms with Crippen LogP contribution >= 0.6 is 12.4 Å². The Morgan fingerprint density at radius 1 is 0.667 bits per heavy atom. The summed E-state index contributed by atoms with van der Waals surface area (Å²) in [7, 11) is 0. The van der Waals surface area contributed by atoms with Gasteiger partial charge in [0.2, 0.25) is 0 Å². The Bertz CT molecular complexity index is 1050. The predicted molar refractivity (Wildman–Crippen MR) is 119 cm³/mol. The van der Waals surface area contributed by atoms with Gasteiger partial charge in [-0.05, 0) is 34.2 Å². The number of fused-ring (bicyclic) bond motifs is 1. The monoisotopic (exact) mass is 373 g/mol. The molecule has 1 nitrogen and oxygen atoms in total. The minimum atomic E-state index is 0. The second kappa shape index (κ2) is 7.54. The van der Waals surface area contributed by atoms with Gasteiger partial charge in [0, 0.05) is 10.9 Å². The molecule has 0 bridgehead atoms. The third-order valence-corrected chi connectivity index (χ3v) is 4.85. The predicted octanol–water partition coefficient (Wildman–Crippen LogP) is 7.29. The van der Waals surface area contributed by atoms with Gasteiger partial charge in [0.15, 0.2) is 0 Å². The Kier molecular flexibility index (Phi) is 5.34. The van der Waals surface area contributed by atoms with Gasteiger partial charge in [-0.2, -0.15) is 0 Å². The molecule has 136 valence electrons. The zero-order valence-corrected chi connectivity index (χ0v) is 16.8. The first kappa shape index (κ1) is 19.1. The minimum absolute atomic E-state index is 0. The van der Waals surface area contributed by atoms with Gasteiger partial charge in [-0.25, -0.2) is 4.98 Å². The average Bonchev–Trinajstić information content (AvgIpc) is 2.67. The highest BCUT2D eigenvalue weighted by molar-refractivity contribution is 5.96. The van der Waals surface area contributed by atoms with Crippen LogP contribution in [0.4, 0.5) is 0 Å². The van der Waals surface area contributed by atoms with Crippen LogP contribution in [0.3, 0.4) is 0 Å². The molecule has 0 amide bonds. The largest absolute Gasteiger partial charge is 0.248 e. The molecule has 0 aliphatic rings. The Hall–Kier alpha value is -2.64. The van der Waals surface area contributed by atoms with Gasteiger partial charge in [0.1, 0.15) is 0 Å². The standard InChI is InChI=1S/C25H23N.ClH/c1-25(2,3)20-15-13-19(14-16-20)24-17-22(18-9-5-4-6-10-18)21-11-7-8-12-23(21)26-24;/h4-17H,1-3H3;1H. The first-order chi connectivity index (χ1) is 12.5. The van der Waals surface area contributed by atoms with Crippen LogP contribution in [-0.4, -0.2) is 4.98 Å². The summed E-state index contributed by atoms with van der Waals surface area (Å²) >= 11 is 0. The fourth-order valence-corrected chi connectivity index (χ4v) is 3.32. The fourth-order valence-electron chi connectivity index (χ4n) is 3.32. The van der Waals surface area contributed by atoms with Crippen molar-refractivity contribution in [2.75, 3.05) is 0 Å². The number of rotatable bonds is 2. The lowest BCUT2D eigenvalue weighted by Gasteiger charge is -2.19. The Balaban J connectivity index is 0.00000210. The van der Waals surface area contributed by atoms with E-state index in [1.54, 1.807) is 0 Å². The molecule has 4 rings (SSSR count). The molecule has 27 heavy (non-hydrogen) atoms. The molecule has 0 fully saturated rings. The summed E-state index contributed by atoms with van der Waals surface area (Å²) in [6, 6.07) is 29.9. The zero-order valence-electron chi connectivity index (χ0n) is 15.9. The molecule has 0 unspecified atom stereocenters. The van der Waals surface area contributed by atoms with Crippen molar-refractivity contribution in [2.45, 2.75) is 26.2 Å². The van der Waals surface area contributed by atoms with Crippen molar-refractivity contribution in [1.29, 1.82) is 0 Å². The van der Waals surface area contributed by atoms with Crippen LogP contribution in [0.25, 0.3) is 33.3 Å². The summed E-state index contributed by atoms with van der Waals surface area (Å²) in [6.07, 6.45) is 0. The summed E-state index contributed by atoms with van der Waals surface area (Å²) in [6.45, 7) is 6.72. The summed E-state index contributed by atoms with van der Waals surface area (Å²) in [5, 5.41) is 1.19. The highest BCUT2D eigenvalue weighted by Gasteiger charge is 2.14. The summed E-state index contributed by atoms with van der Waals surface area (Å²) in [5.41, 5.74) is 7.15. The maximum atomic E-state index is 4.92. The van der Waals surface area contributed by atoms with Crippen molar-refractivity contribution in [3.05, 3.63) is 90.5 Å². The van der Waals surface area contributed by atoms with Crippen LogP contribution in [0.1, 0.15) is 26.3 Å². The van der Waals surface area contributed by atoms with Crippen molar-refractivity contribution in [3.63, 3.8) is 0 Å². The maximum Gasteiger partial charge on any atom is 0.0715 e. The molecular formula is C25H24ClN. The highest BCUT2D eigenvalue weighted by atomic mass is 35.5. The molecule has 0 saturated carbocycles. The molecule has 3 aromatic carbocycles. The fraction of sp³-hybridized carbons (Fsp3) is 0.160. The van der Waals surface area contributed by atoms with Crippen molar-refractivity contribution < 1.29 is 0 Å². The van der Waals surface area contributed by atoms with Gasteiger partial charge in [0.25, 0.3) is 0 Å². The minimum Gasteiger partial charge on any atom is -0.248 e. The van der Waals surface area contributed by atoms with Crippen molar-refractivity contribution >= 4 is 23.3 Å². The third kappa shape index (κ3) is 3.89. The van der Waals surface area contributed by atoms with Crippen LogP contribution in [0, 0.1) is 0 Å². The van der Waals surface area contributed by atoms with E-state index in [1.807, 2.05) is 0 Å². The smallest absolute Gasteiger partial charge is 0.0715 e. The molecular weight excluding hydrogens is 350 g/mol. The summed E-state index contributed by atoms with van der Waals surface area (Å²) in [5.74, 6) is 0. The molecule has 0 aliphatic heterocycles. The van der Waals surface area contributed by atoms with Crippen molar-refractivity contribution in [2.24, 2.45) is 0 Å². The first-order valence-electron chi connectivity index (χ1n) is 9.08. The van der Waals surface area contributed by atoms with Gasteiger partial charge in [-0.1, -0.05) is 93.6 Å². The zero-order chi connectivity index (χ0) is 18.1. The number of nitrogens with zero attached hydrogens (tertiary/aromatic N) is 1. The van der Waals surface area contributed by atoms with E-state index in [-0.39, 0.29) is 17.8 Å². The van der Waals surface area contributed by atoms with Crippen LogP contribution in [0.2, 0.25) is 0 Å². The molecule has 1 aromatic heterocycles.